The van der Waals surface area contributed by atoms with E-state index < -0.39 is 0 Å². The number of hydrogen-bond acceptors (Lipinski definition) is 4. The molecule has 0 saturated carbocycles. The quantitative estimate of drug-likeness (QED) is 0.102. The van der Waals surface area contributed by atoms with Crippen LogP contribution in [0.1, 0.15) is 152 Å². The molecule has 0 aliphatic carbocycles. The van der Waals surface area contributed by atoms with Gasteiger partial charge in [0.05, 0.1) is 0 Å². The van der Waals surface area contributed by atoms with E-state index in [4.69, 9.17) is 9.72 Å². The minimum Gasteiger partial charge on any atom is -0.509 e. The van der Waals surface area contributed by atoms with Gasteiger partial charge in [-0.1, -0.05) is 223 Å². The Morgan fingerprint density at radius 3 is 1.58 bits per heavy atom. The van der Waals surface area contributed by atoms with Gasteiger partial charge in [0.25, 0.3) is 0 Å². The van der Waals surface area contributed by atoms with Crippen LogP contribution in [0.4, 0.5) is 11.4 Å². The third kappa shape index (κ3) is 11.0. The zero-order valence-corrected chi connectivity index (χ0v) is 51.6. The maximum atomic E-state index is 7.13. The number of pyridine rings is 1. The van der Waals surface area contributed by atoms with Crippen LogP contribution in [0, 0.1) is 18.8 Å². The van der Waals surface area contributed by atoms with Gasteiger partial charge in [-0.2, -0.15) is 6.07 Å². The van der Waals surface area contributed by atoms with E-state index >= 15 is 0 Å². The van der Waals surface area contributed by atoms with Crippen LogP contribution in [-0.2, 0) is 42.7 Å². The van der Waals surface area contributed by atoms with Gasteiger partial charge in [0.1, 0.15) is 5.82 Å². The Bertz CT molecular complexity index is 3820. The molecule has 0 fully saturated rings. The summed E-state index contributed by atoms with van der Waals surface area (Å²) in [6.07, 6.45) is 6.23. The van der Waals surface area contributed by atoms with Crippen LogP contribution in [0.15, 0.2) is 201 Å². The molecule has 5 nitrogen and oxygen atoms in total. The normalized spacial score (nSPS) is 13.2. The van der Waals surface area contributed by atoms with Crippen LogP contribution in [0.5, 0.6) is 11.5 Å². The zero-order chi connectivity index (χ0) is 56.3. The molecule has 1 aliphatic rings. The number of rotatable bonds is 14. The van der Waals surface area contributed by atoms with Crippen molar-refractivity contribution in [3.05, 3.63) is 269 Å². The third-order valence-corrected chi connectivity index (χ3v) is 17.0. The first-order chi connectivity index (χ1) is 38.2. The second-order valence-electron chi connectivity index (χ2n) is 25.1. The van der Waals surface area contributed by atoms with Crippen molar-refractivity contribution in [1.29, 1.82) is 0 Å². The average Bonchev–Trinajstić information content (AvgIpc) is 3.47. The molecule has 0 unspecified atom stereocenters. The topological polar surface area (TPSA) is 33.5 Å². The Kier molecular flexibility index (Phi) is 15.5. The summed E-state index contributed by atoms with van der Waals surface area (Å²) in [5.74, 6) is 2.61. The molecule has 81 heavy (non-hydrogen) atoms. The van der Waals surface area contributed by atoms with Crippen molar-refractivity contribution in [1.82, 2.24) is 9.55 Å². The van der Waals surface area contributed by atoms with Crippen LogP contribution in [0.25, 0.3) is 38.8 Å². The van der Waals surface area contributed by atoms with Crippen LogP contribution in [-0.4, -0.2) is 9.55 Å². The molecule has 6 heteroatoms. The van der Waals surface area contributed by atoms with Crippen LogP contribution < -0.4 is 14.5 Å². The van der Waals surface area contributed by atoms with Crippen molar-refractivity contribution < 1.29 is 25.8 Å². The fourth-order valence-electron chi connectivity index (χ4n) is 11.7. The van der Waals surface area contributed by atoms with Gasteiger partial charge >= 0.3 is 0 Å². The van der Waals surface area contributed by atoms with Gasteiger partial charge in [0, 0.05) is 66.2 Å². The van der Waals surface area contributed by atoms with E-state index in [2.05, 4.69) is 318 Å². The summed E-state index contributed by atoms with van der Waals surface area (Å²) in [4.78, 5) is 9.46. The molecule has 8 aromatic carbocycles. The minimum absolute atomic E-state index is 0. The van der Waals surface area contributed by atoms with Crippen LogP contribution >= 0.6 is 0 Å². The number of benzene rings is 8. The first kappa shape index (κ1) is 56.8. The number of nitrogens with zero attached hydrogens (tertiary/aromatic N) is 4. The number of fused-ring (bicyclic) bond motifs is 3. The van der Waals surface area contributed by atoms with Crippen molar-refractivity contribution >= 4 is 33.2 Å². The molecule has 2 aromatic heterocycles. The first-order valence-electron chi connectivity index (χ1n) is 28.5. The van der Waals surface area contributed by atoms with Gasteiger partial charge in [-0.05, 0) is 121 Å². The SMILES string of the molecule is CC(C)c1cccc(C(C)C)c1-c1cc(Oc2[c-]c3c(cc2)c2cc(C(C)(C)c4ccccc4)ccc2n3-c2cc(C(C)(C)C)ccn2)[c-]c(N2C=CN(c3cc(C(C)(C)c4ccccc4)cc(C(C)(C)c4ccccc4)c3)[CH-]2)c1.[Pt]. The Morgan fingerprint density at radius 2 is 1.02 bits per heavy atom. The summed E-state index contributed by atoms with van der Waals surface area (Å²) >= 11 is 0. The van der Waals surface area contributed by atoms with Gasteiger partial charge < -0.3 is 19.1 Å². The van der Waals surface area contributed by atoms with E-state index in [1.54, 1.807) is 0 Å². The molecular weight excluding hydrogens is 1170 g/mol. The molecule has 414 valence electrons. The standard InChI is InChI=1S/C75H75N4O.Pt/c1-50(2)64-30-23-31-65(51(3)4)71(64)52-40-60(77-38-39-78(49-77)61-43-58(74(10,11)54-26-19-15-20-27-54)42-59(44-61)75(12,13)55-28-21-16-22-29-55)47-63(41-52)80-62-33-34-66-67-45-57(73(8,9)53-24-17-14-18-25-53)32-35-68(67)79(69(66)48-62)70-46-56(36-37-76-70)72(5,6)7;/h14-46,49-51H,1-13H3;/q-3;. The van der Waals surface area contributed by atoms with Gasteiger partial charge in [0.2, 0.25) is 0 Å². The average molecular weight is 1240 g/mol. The third-order valence-electron chi connectivity index (χ3n) is 17.0. The molecule has 1 aliphatic heterocycles. The molecule has 10 aromatic rings. The predicted molar refractivity (Wildman–Crippen MR) is 336 cm³/mol. The summed E-state index contributed by atoms with van der Waals surface area (Å²) in [6.45, 7) is 32.0. The van der Waals surface area contributed by atoms with E-state index in [1.807, 2.05) is 6.20 Å². The van der Waals surface area contributed by atoms with E-state index in [0.29, 0.717) is 11.5 Å². The van der Waals surface area contributed by atoms with Crippen molar-refractivity contribution in [2.75, 3.05) is 9.80 Å². The number of ether oxygens (including phenoxy) is 1. The summed E-state index contributed by atoms with van der Waals surface area (Å²) in [6, 6.07) is 73.9. The summed E-state index contributed by atoms with van der Waals surface area (Å²) in [5, 5.41) is 2.22. The Labute approximate surface area is 496 Å². The maximum Gasteiger partial charge on any atom is 0.135 e. The minimum atomic E-state index is -0.266. The zero-order valence-electron chi connectivity index (χ0n) is 49.3. The van der Waals surface area contributed by atoms with Crippen molar-refractivity contribution in [2.24, 2.45) is 0 Å². The van der Waals surface area contributed by atoms with Crippen molar-refractivity contribution in [2.45, 2.75) is 124 Å². The molecule has 3 heterocycles. The summed E-state index contributed by atoms with van der Waals surface area (Å²) < 4.78 is 9.39. The van der Waals surface area contributed by atoms with Crippen LogP contribution in [0.3, 0.4) is 0 Å². The predicted octanol–water partition coefficient (Wildman–Crippen LogP) is 19.7. The monoisotopic (exact) mass is 1240 g/mol. The second kappa shape index (κ2) is 22.1. The molecule has 0 radical (unpaired) electrons. The van der Waals surface area contributed by atoms with Crippen molar-refractivity contribution in [3.8, 4) is 28.4 Å². The molecular formula is C75H75N4OPt-3. The number of hydrogen-bond donors (Lipinski definition) is 0. The van der Waals surface area contributed by atoms with E-state index in [-0.39, 0.29) is 54.6 Å². The largest absolute Gasteiger partial charge is 0.509 e. The van der Waals surface area contributed by atoms with Gasteiger partial charge in [-0.25, -0.2) is 4.98 Å². The van der Waals surface area contributed by atoms with Gasteiger partial charge in [-0.15, -0.1) is 53.6 Å². The maximum absolute atomic E-state index is 7.13. The molecule has 0 saturated heterocycles. The second-order valence-corrected chi connectivity index (χ2v) is 25.1. The Hall–Kier alpha value is -7.46. The Morgan fingerprint density at radius 1 is 0.469 bits per heavy atom. The smallest absolute Gasteiger partial charge is 0.135 e. The molecule has 0 atom stereocenters. The van der Waals surface area contributed by atoms with Crippen molar-refractivity contribution in [3.63, 3.8) is 0 Å². The fourth-order valence-corrected chi connectivity index (χ4v) is 11.7. The number of aromatic nitrogens is 2. The van der Waals surface area contributed by atoms with E-state index in [1.165, 1.54) is 55.6 Å². The Balaban J connectivity index is 0.00000736. The van der Waals surface area contributed by atoms with Crippen LogP contribution in [0.2, 0.25) is 0 Å². The summed E-state index contributed by atoms with van der Waals surface area (Å²) in [7, 11) is 0. The number of anilines is 2. The molecule has 11 rings (SSSR count). The fraction of sp³-hybridized carbons (Fsp3) is 0.253. The molecule has 0 amide bonds. The van der Waals surface area contributed by atoms with E-state index in [0.717, 1.165) is 44.6 Å². The molecule has 0 N–H and O–H groups in total. The molecule has 0 spiro atoms. The first-order valence-corrected chi connectivity index (χ1v) is 28.5. The van der Waals surface area contributed by atoms with E-state index in [9.17, 15) is 0 Å². The summed E-state index contributed by atoms with van der Waals surface area (Å²) in [5.41, 5.74) is 16.7. The molecule has 0 bridgehead atoms. The van der Waals surface area contributed by atoms with Gasteiger partial charge in [0.15, 0.2) is 0 Å². The van der Waals surface area contributed by atoms with Gasteiger partial charge in [-0.3, -0.25) is 0 Å².